The van der Waals surface area contributed by atoms with Gasteiger partial charge in [-0.15, -0.1) is 0 Å². The van der Waals surface area contributed by atoms with E-state index < -0.39 is 0 Å². The molecule has 1 aromatic heterocycles. The normalized spacial score (nSPS) is 10.7. The van der Waals surface area contributed by atoms with Crippen molar-refractivity contribution in [3.63, 3.8) is 0 Å². The van der Waals surface area contributed by atoms with E-state index in [1.807, 2.05) is 37.3 Å². The van der Waals surface area contributed by atoms with E-state index in [0.717, 1.165) is 20.3 Å². The zero-order valence-corrected chi connectivity index (χ0v) is 15.3. The molecule has 0 saturated heterocycles. The first-order valence-electron chi connectivity index (χ1n) is 6.76. The molecule has 118 valence electrons. The quantitative estimate of drug-likeness (QED) is 0.654. The van der Waals surface area contributed by atoms with Gasteiger partial charge in [0.1, 0.15) is 5.75 Å². The summed E-state index contributed by atoms with van der Waals surface area (Å²) in [4.78, 5) is 16.3. The molecule has 0 atom stereocenters. The van der Waals surface area contributed by atoms with E-state index in [4.69, 9.17) is 16.3 Å². The van der Waals surface area contributed by atoms with Crippen molar-refractivity contribution < 1.29 is 9.53 Å². The van der Waals surface area contributed by atoms with Gasteiger partial charge in [0.15, 0.2) is 11.7 Å². The van der Waals surface area contributed by atoms with Gasteiger partial charge in [0.25, 0.3) is 5.91 Å². The van der Waals surface area contributed by atoms with Crippen LogP contribution in [0.3, 0.4) is 0 Å². The second-order valence-electron chi connectivity index (χ2n) is 4.88. The number of rotatable bonds is 4. The summed E-state index contributed by atoms with van der Waals surface area (Å²) in [5, 5.41) is 3.91. The molecule has 0 fully saturated rings. The smallest absolute Gasteiger partial charge is 0.264 e. The molecule has 0 spiro atoms. The predicted molar refractivity (Wildman–Crippen MR) is 97.6 cm³/mol. The van der Waals surface area contributed by atoms with Gasteiger partial charge in [-0.05, 0) is 48.9 Å². The molecular formula is C16H12BrClN2O2S. The summed E-state index contributed by atoms with van der Waals surface area (Å²) < 4.78 is 7.42. The number of hydrogen-bond donors (Lipinski definition) is 1. The first-order valence-corrected chi connectivity index (χ1v) is 8.75. The number of carbonyl (C=O) groups is 1. The van der Waals surface area contributed by atoms with Crippen molar-refractivity contribution in [2.75, 3.05) is 11.9 Å². The average Bonchev–Trinajstić information content (AvgIpc) is 2.89. The Bertz CT molecular complexity index is 882. The van der Waals surface area contributed by atoms with Gasteiger partial charge in [0.05, 0.1) is 10.2 Å². The molecule has 23 heavy (non-hydrogen) atoms. The number of aromatic nitrogens is 1. The maximum absolute atomic E-state index is 12.0. The highest BCUT2D eigenvalue weighted by Crippen LogP contribution is 2.28. The van der Waals surface area contributed by atoms with Gasteiger partial charge >= 0.3 is 0 Å². The maximum atomic E-state index is 12.0. The number of nitrogens with one attached hydrogen (secondary N) is 1. The van der Waals surface area contributed by atoms with Crippen LogP contribution in [0.25, 0.3) is 10.2 Å². The van der Waals surface area contributed by atoms with Crippen molar-refractivity contribution in [1.29, 1.82) is 0 Å². The minimum atomic E-state index is -0.254. The lowest BCUT2D eigenvalue weighted by molar-refractivity contribution is -0.118. The molecule has 7 heteroatoms. The van der Waals surface area contributed by atoms with Gasteiger partial charge in [-0.3, -0.25) is 10.1 Å². The molecule has 4 nitrogen and oxygen atoms in total. The molecule has 0 aliphatic heterocycles. The Morgan fingerprint density at radius 2 is 2.17 bits per heavy atom. The van der Waals surface area contributed by atoms with Crippen LogP contribution in [0.4, 0.5) is 5.13 Å². The summed E-state index contributed by atoms with van der Waals surface area (Å²) in [5.41, 5.74) is 1.85. The number of halogens is 2. The van der Waals surface area contributed by atoms with Crippen LogP contribution in [-0.4, -0.2) is 17.5 Å². The Labute approximate surface area is 150 Å². The fraction of sp³-hybridized carbons (Fsp3) is 0.125. The molecule has 1 N–H and O–H groups in total. The van der Waals surface area contributed by atoms with Gasteiger partial charge in [-0.2, -0.15) is 0 Å². The number of carbonyl (C=O) groups excluding carboxylic acids is 1. The van der Waals surface area contributed by atoms with Crippen molar-refractivity contribution in [2.45, 2.75) is 6.92 Å². The number of aryl methyl sites for hydroxylation is 1. The van der Waals surface area contributed by atoms with E-state index in [2.05, 4.69) is 26.2 Å². The highest BCUT2D eigenvalue weighted by atomic mass is 79.9. The summed E-state index contributed by atoms with van der Waals surface area (Å²) in [6.45, 7) is 1.89. The van der Waals surface area contributed by atoms with E-state index in [1.165, 1.54) is 11.3 Å². The number of hydrogen-bond acceptors (Lipinski definition) is 4. The number of benzene rings is 2. The summed E-state index contributed by atoms with van der Waals surface area (Å²) in [6, 6.07) is 11.0. The van der Waals surface area contributed by atoms with E-state index in [9.17, 15) is 4.79 Å². The van der Waals surface area contributed by atoms with Crippen LogP contribution in [0.2, 0.25) is 5.02 Å². The van der Waals surface area contributed by atoms with Crippen molar-refractivity contribution in [3.05, 3.63) is 51.5 Å². The number of fused-ring (bicyclic) bond motifs is 1. The molecule has 0 saturated carbocycles. The Morgan fingerprint density at radius 1 is 1.35 bits per heavy atom. The summed E-state index contributed by atoms with van der Waals surface area (Å²) in [6.07, 6.45) is 0. The first kappa shape index (κ1) is 16.2. The number of thiazole rings is 1. The Kier molecular flexibility index (Phi) is 4.84. The van der Waals surface area contributed by atoms with E-state index in [0.29, 0.717) is 15.9 Å². The van der Waals surface area contributed by atoms with E-state index in [1.54, 1.807) is 6.07 Å². The lowest BCUT2D eigenvalue weighted by Gasteiger charge is -2.07. The Morgan fingerprint density at radius 3 is 2.96 bits per heavy atom. The summed E-state index contributed by atoms with van der Waals surface area (Å²) >= 11 is 10.7. The topological polar surface area (TPSA) is 51.2 Å². The number of anilines is 1. The first-order chi connectivity index (χ1) is 11.0. The van der Waals surface area contributed by atoms with Crippen LogP contribution in [0.1, 0.15) is 5.56 Å². The van der Waals surface area contributed by atoms with Crippen molar-refractivity contribution in [1.82, 2.24) is 4.98 Å². The lowest BCUT2D eigenvalue weighted by Crippen LogP contribution is -2.20. The van der Waals surface area contributed by atoms with E-state index in [-0.39, 0.29) is 12.5 Å². The molecular weight excluding hydrogens is 400 g/mol. The van der Waals surface area contributed by atoms with Crippen LogP contribution in [0, 0.1) is 6.92 Å². The molecule has 0 aliphatic carbocycles. The van der Waals surface area contributed by atoms with Crippen LogP contribution < -0.4 is 10.1 Å². The van der Waals surface area contributed by atoms with Gasteiger partial charge in [0, 0.05) is 9.50 Å². The van der Waals surface area contributed by atoms with Gasteiger partial charge < -0.3 is 4.74 Å². The number of nitrogens with zero attached hydrogens (tertiary/aromatic N) is 1. The zero-order chi connectivity index (χ0) is 16.4. The van der Waals surface area contributed by atoms with Gasteiger partial charge in [-0.1, -0.05) is 38.9 Å². The number of ether oxygens (including phenoxy) is 1. The second-order valence-corrected chi connectivity index (χ2v) is 7.20. The predicted octanol–water partition coefficient (Wildman–Crippen LogP) is 5.04. The van der Waals surface area contributed by atoms with Gasteiger partial charge in [0.2, 0.25) is 0 Å². The van der Waals surface area contributed by atoms with Crippen LogP contribution in [-0.2, 0) is 4.79 Å². The van der Waals surface area contributed by atoms with Crippen molar-refractivity contribution in [3.8, 4) is 5.75 Å². The number of amides is 1. The highest BCUT2D eigenvalue weighted by Gasteiger charge is 2.09. The summed E-state index contributed by atoms with van der Waals surface area (Å²) in [7, 11) is 0. The monoisotopic (exact) mass is 410 g/mol. The zero-order valence-electron chi connectivity index (χ0n) is 12.1. The standard InChI is InChI=1S/C16H12BrClN2O2S/c1-9-6-11(3-4-12(9)17)22-8-15(21)20-16-19-13-5-2-10(18)7-14(13)23-16/h2-7H,8H2,1H3,(H,19,20,21). The van der Waals surface area contributed by atoms with Crippen LogP contribution in [0.5, 0.6) is 5.75 Å². The molecule has 2 aromatic carbocycles. The molecule has 1 heterocycles. The lowest BCUT2D eigenvalue weighted by atomic mass is 10.2. The molecule has 0 aliphatic rings. The second kappa shape index (κ2) is 6.86. The maximum Gasteiger partial charge on any atom is 0.264 e. The minimum Gasteiger partial charge on any atom is -0.484 e. The largest absolute Gasteiger partial charge is 0.484 e. The minimum absolute atomic E-state index is 0.0717. The molecule has 1 amide bonds. The molecule has 0 unspecified atom stereocenters. The van der Waals surface area contributed by atoms with Crippen LogP contribution >= 0.6 is 38.9 Å². The molecule has 0 radical (unpaired) electrons. The average molecular weight is 412 g/mol. The van der Waals surface area contributed by atoms with Crippen molar-refractivity contribution in [2.24, 2.45) is 0 Å². The fourth-order valence-corrected chi connectivity index (χ4v) is 3.37. The molecule has 3 rings (SSSR count). The third-order valence-corrected chi connectivity index (χ3v) is 5.15. The highest BCUT2D eigenvalue weighted by molar-refractivity contribution is 9.10. The third kappa shape index (κ3) is 4.02. The van der Waals surface area contributed by atoms with Crippen LogP contribution in [0.15, 0.2) is 40.9 Å². The SMILES string of the molecule is Cc1cc(OCC(=O)Nc2nc3ccc(Cl)cc3s2)ccc1Br. The fourth-order valence-electron chi connectivity index (χ4n) is 1.96. The Hall–Kier alpha value is -1.63. The molecule has 0 bridgehead atoms. The third-order valence-electron chi connectivity index (χ3n) is 3.10. The van der Waals surface area contributed by atoms with E-state index >= 15 is 0 Å². The van der Waals surface area contributed by atoms with Gasteiger partial charge in [-0.25, -0.2) is 4.98 Å². The summed E-state index contributed by atoms with van der Waals surface area (Å²) in [5.74, 6) is 0.396. The molecule has 3 aromatic rings. The van der Waals surface area contributed by atoms with Crippen molar-refractivity contribution >= 4 is 60.1 Å². The Balaban J connectivity index is 1.62.